The van der Waals surface area contributed by atoms with Gasteiger partial charge in [0.1, 0.15) is 5.69 Å². The van der Waals surface area contributed by atoms with E-state index in [0.29, 0.717) is 21.8 Å². The van der Waals surface area contributed by atoms with E-state index in [1.165, 1.54) is 0 Å². The molecule has 0 bridgehead atoms. The predicted molar refractivity (Wildman–Crippen MR) is 74.4 cm³/mol. The van der Waals surface area contributed by atoms with Gasteiger partial charge < -0.3 is 0 Å². The van der Waals surface area contributed by atoms with Gasteiger partial charge in [-0.05, 0) is 24.3 Å². The van der Waals surface area contributed by atoms with Gasteiger partial charge in [0.2, 0.25) is 5.78 Å². The predicted octanol–water partition coefficient (Wildman–Crippen LogP) is 3.51. The summed E-state index contributed by atoms with van der Waals surface area (Å²) >= 11 is 5.93. The fourth-order valence-electron chi connectivity index (χ4n) is 1.86. The summed E-state index contributed by atoms with van der Waals surface area (Å²) in [6.45, 7) is 0. The van der Waals surface area contributed by atoms with Crippen molar-refractivity contribution in [2.45, 2.75) is 0 Å². The van der Waals surface area contributed by atoms with E-state index in [2.05, 4.69) is 10.2 Å². The largest absolute Gasteiger partial charge is 0.287 e. The number of carbonyl (C=O) groups excluding carboxylic acids is 1. The lowest BCUT2D eigenvalue weighted by atomic mass is 10.1. The molecule has 3 rings (SSSR count). The Morgan fingerprint density at radius 3 is 2.53 bits per heavy atom. The number of hydrogen-bond donors (Lipinski definition) is 0. The van der Waals surface area contributed by atoms with E-state index >= 15 is 0 Å². The average Bonchev–Trinajstić information content (AvgIpc) is 2.46. The third-order valence-electron chi connectivity index (χ3n) is 2.82. The van der Waals surface area contributed by atoms with Crippen LogP contribution in [0.25, 0.3) is 10.9 Å². The first-order chi connectivity index (χ1) is 9.24. The SMILES string of the molecule is O=C(c1ccccc1)c1cc2cc(Cl)ccc2nn1. The first-order valence-electron chi connectivity index (χ1n) is 5.77. The molecule has 0 aliphatic rings. The fraction of sp³-hybridized carbons (Fsp3) is 0. The third-order valence-corrected chi connectivity index (χ3v) is 3.05. The van der Waals surface area contributed by atoms with E-state index in [4.69, 9.17) is 11.6 Å². The molecular formula is C15H9ClN2O. The molecule has 92 valence electrons. The van der Waals surface area contributed by atoms with Crippen LogP contribution in [0, 0.1) is 0 Å². The number of rotatable bonds is 2. The molecule has 0 aliphatic heterocycles. The maximum Gasteiger partial charge on any atom is 0.213 e. The van der Waals surface area contributed by atoms with E-state index in [-0.39, 0.29) is 5.78 Å². The Morgan fingerprint density at radius 1 is 0.947 bits per heavy atom. The van der Waals surface area contributed by atoms with Gasteiger partial charge in [0.05, 0.1) is 5.52 Å². The molecule has 0 fully saturated rings. The van der Waals surface area contributed by atoms with Gasteiger partial charge in [0, 0.05) is 16.0 Å². The summed E-state index contributed by atoms with van der Waals surface area (Å²) in [5, 5.41) is 9.43. The molecule has 0 atom stereocenters. The van der Waals surface area contributed by atoms with Crippen LogP contribution in [0.4, 0.5) is 0 Å². The lowest BCUT2D eigenvalue weighted by molar-refractivity contribution is 0.103. The van der Waals surface area contributed by atoms with Crippen molar-refractivity contribution in [3.63, 3.8) is 0 Å². The van der Waals surface area contributed by atoms with Gasteiger partial charge in [-0.25, -0.2) is 0 Å². The minimum atomic E-state index is -0.144. The molecule has 0 N–H and O–H groups in total. The number of nitrogens with zero attached hydrogens (tertiary/aromatic N) is 2. The zero-order chi connectivity index (χ0) is 13.2. The lowest BCUT2D eigenvalue weighted by Gasteiger charge is -2.02. The van der Waals surface area contributed by atoms with Crippen molar-refractivity contribution >= 4 is 28.3 Å². The Morgan fingerprint density at radius 2 is 1.74 bits per heavy atom. The van der Waals surface area contributed by atoms with Crippen LogP contribution in [0.5, 0.6) is 0 Å². The number of aromatic nitrogens is 2. The second-order valence-electron chi connectivity index (χ2n) is 4.13. The van der Waals surface area contributed by atoms with Crippen molar-refractivity contribution in [3.05, 3.63) is 70.9 Å². The second-order valence-corrected chi connectivity index (χ2v) is 4.56. The van der Waals surface area contributed by atoms with Crippen molar-refractivity contribution in [2.24, 2.45) is 0 Å². The Labute approximate surface area is 114 Å². The summed E-state index contributed by atoms with van der Waals surface area (Å²) in [5.74, 6) is -0.144. The van der Waals surface area contributed by atoms with Gasteiger partial charge in [-0.15, -0.1) is 10.2 Å². The Hall–Kier alpha value is -2.26. The maximum absolute atomic E-state index is 12.2. The first kappa shape index (κ1) is 11.8. The molecule has 0 unspecified atom stereocenters. The molecule has 0 aliphatic carbocycles. The summed E-state index contributed by atoms with van der Waals surface area (Å²) in [6, 6.07) is 16.0. The molecule has 1 heterocycles. The highest BCUT2D eigenvalue weighted by molar-refractivity contribution is 6.31. The molecule has 4 heteroatoms. The van der Waals surface area contributed by atoms with Gasteiger partial charge in [0.15, 0.2) is 0 Å². The Balaban J connectivity index is 2.08. The topological polar surface area (TPSA) is 42.9 Å². The lowest BCUT2D eigenvalue weighted by Crippen LogP contribution is -2.05. The van der Waals surface area contributed by atoms with Crippen molar-refractivity contribution in [1.29, 1.82) is 0 Å². The van der Waals surface area contributed by atoms with Crippen LogP contribution in [-0.4, -0.2) is 16.0 Å². The average molecular weight is 269 g/mol. The molecule has 0 saturated carbocycles. The van der Waals surface area contributed by atoms with Gasteiger partial charge >= 0.3 is 0 Å². The van der Waals surface area contributed by atoms with Crippen molar-refractivity contribution < 1.29 is 4.79 Å². The first-order valence-corrected chi connectivity index (χ1v) is 6.14. The summed E-state index contributed by atoms with van der Waals surface area (Å²) in [6.07, 6.45) is 0. The molecular weight excluding hydrogens is 260 g/mol. The third kappa shape index (κ3) is 2.33. The summed E-state index contributed by atoms with van der Waals surface area (Å²) < 4.78 is 0. The van der Waals surface area contributed by atoms with Crippen LogP contribution >= 0.6 is 11.6 Å². The molecule has 3 nitrogen and oxygen atoms in total. The molecule has 0 amide bonds. The van der Waals surface area contributed by atoms with Gasteiger partial charge in [-0.1, -0.05) is 41.9 Å². The molecule has 3 aromatic rings. The van der Waals surface area contributed by atoms with Crippen molar-refractivity contribution in [3.8, 4) is 0 Å². The molecule has 19 heavy (non-hydrogen) atoms. The standard InChI is InChI=1S/C15H9ClN2O/c16-12-6-7-13-11(8-12)9-14(18-17-13)15(19)10-4-2-1-3-5-10/h1-9H. The maximum atomic E-state index is 12.2. The smallest absolute Gasteiger partial charge is 0.213 e. The summed E-state index contributed by atoms with van der Waals surface area (Å²) in [4.78, 5) is 12.2. The Bertz CT molecular complexity index is 756. The quantitative estimate of drug-likeness (QED) is 0.668. The number of ketones is 1. The number of fused-ring (bicyclic) bond motifs is 1. The van der Waals surface area contributed by atoms with Crippen LogP contribution in [-0.2, 0) is 0 Å². The molecule has 0 spiro atoms. The monoisotopic (exact) mass is 268 g/mol. The van der Waals surface area contributed by atoms with E-state index in [1.54, 1.807) is 36.4 Å². The minimum Gasteiger partial charge on any atom is -0.287 e. The highest BCUT2D eigenvalue weighted by Crippen LogP contribution is 2.18. The van der Waals surface area contributed by atoms with E-state index < -0.39 is 0 Å². The highest BCUT2D eigenvalue weighted by atomic mass is 35.5. The van der Waals surface area contributed by atoms with E-state index in [1.807, 2.05) is 18.2 Å². The molecule has 1 aromatic heterocycles. The zero-order valence-electron chi connectivity index (χ0n) is 9.88. The Kier molecular flexibility index (Phi) is 2.97. The van der Waals surface area contributed by atoms with Crippen molar-refractivity contribution in [1.82, 2.24) is 10.2 Å². The van der Waals surface area contributed by atoms with Crippen LogP contribution < -0.4 is 0 Å². The molecule has 2 aromatic carbocycles. The van der Waals surface area contributed by atoms with Crippen LogP contribution in [0.15, 0.2) is 54.6 Å². The van der Waals surface area contributed by atoms with Gasteiger partial charge in [0.25, 0.3) is 0 Å². The second kappa shape index (κ2) is 4.78. The van der Waals surface area contributed by atoms with E-state index in [9.17, 15) is 4.79 Å². The minimum absolute atomic E-state index is 0.144. The summed E-state index contributed by atoms with van der Waals surface area (Å²) in [5.41, 5.74) is 1.63. The van der Waals surface area contributed by atoms with Crippen LogP contribution in [0.3, 0.4) is 0 Å². The van der Waals surface area contributed by atoms with Crippen molar-refractivity contribution in [2.75, 3.05) is 0 Å². The number of hydrogen-bond acceptors (Lipinski definition) is 3. The molecule has 0 saturated heterocycles. The van der Waals surface area contributed by atoms with Gasteiger partial charge in [-0.2, -0.15) is 0 Å². The van der Waals surface area contributed by atoms with E-state index in [0.717, 1.165) is 5.39 Å². The normalized spacial score (nSPS) is 10.6. The number of halogens is 1. The van der Waals surface area contributed by atoms with Crippen LogP contribution in [0.1, 0.15) is 16.1 Å². The number of carbonyl (C=O) groups is 1. The fourth-order valence-corrected chi connectivity index (χ4v) is 2.04. The zero-order valence-corrected chi connectivity index (χ0v) is 10.6. The van der Waals surface area contributed by atoms with Gasteiger partial charge in [-0.3, -0.25) is 4.79 Å². The molecule has 0 radical (unpaired) electrons. The number of benzene rings is 2. The van der Waals surface area contributed by atoms with Crippen LogP contribution in [0.2, 0.25) is 5.02 Å². The highest BCUT2D eigenvalue weighted by Gasteiger charge is 2.11. The summed E-state index contributed by atoms with van der Waals surface area (Å²) in [7, 11) is 0.